The van der Waals surface area contributed by atoms with Crippen LogP contribution in [-0.2, 0) is 20.6 Å². The van der Waals surface area contributed by atoms with Gasteiger partial charge in [0, 0.05) is 219 Å². The lowest BCUT2D eigenvalue weighted by atomic mass is 9.95. The summed E-state index contributed by atoms with van der Waals surface area (Å²) >= 11 is 0. The third kappa shape index (κ3) is 23.1. The van der Waals surface area contributed by atoms with Gasteiger partial charge in [-0.05, 0) is 187 Å². The maximum atomic E-state index is 13.1. The first-order valence-corrected chi connectivity index (χ1v) is 48.8. The smallest absolute Gasteiger partial charge is 0.261 e. The zero-order valence-corrected chi connectivity index (χ0v) is 83.0. The van der Waals surface area contributed by atoms with E-state index < -0.39 is 0 Å². The summed E-state index contributed by atoms with van der Waals surface area (Å²) in [4.78, 5) is 74.4. The van der Waals surface area contributed by atoms with Crippen LogP contribution in [0.2, 0.25) is 0 Å². The molecule has 4 fully saturated rings. The van der Waals surface area contributed by atoms with Gasteiger partial charge in [-0.25, -0.2) is 19.9 Å². The second kappa shape index (κ2) is 44.7. The molecule has 22 rings (SSSR count). The number of hydrogen-bond acceptors (Lipinski definition) is 29. The molecule has 3 aliphatic heterocycles. The predicted molar refractivity (Wildman–Crippen MR) is 560 cm³/mol. The van der Waals surface area contributed by atoms with Crippen LogP contribution >= 0.6 is 0 Å². The second-order valence-electron chi connectivity index (χ2n) is 36.6. The maximum absolute atomic E-state index is 13.1. The summed E-state index contributed by atoms with van der Waals surface area (Å²) in [5.74, 6) is 7.25. The molecule has 17 aromatic rings. The van der Waals surface area contributed by atoms with E-state index >= 15 is 0 Å². The Morgan fingerprint density at radius 1 is 0.345 bits per heavy atom. The summed E-state index contributed by atoms with van der Waals surface area (Å²) in [6.07, 6.45) is 33.8. The predicted octanol–water partition coefficient (Wildman–Crippen LogP) is 19.0. The molecule has 2 saturated heterocycles. The van der Waals surface area contributed by atoms with E-state index in [1.807, 2.05) is 145 Å². The number of fused-ring (bicyclic) bond motifs is 5. The number of nitrogens with one attached hydrogen (secondary N) is 2. The Hall–Kier alpha value is -16.7. The Bertz CT molecular complexity index is 7400. The van der Waals surface area contributed by atoms with Gasteiger partial charge in [0.2, 0.25) is 0 Å². The van der Waals surface area contributed by atoms with Crippen molar-refractivity contribution in [2.75, 3.05) is 135 Å². The molecule has 9 aromatic carbocycles. The number of nitriles is 1. The number of carbonyl (C=O) groups excluding carboxylic acids is 2. The lowest BCUT2D eigenvalue weighted by molar-refractivity contribution is 0.0658. The first kappa shape index (κ1) is 97.2. The zero-order chi connectivity index (χ0) is 100.0. The van der Waals surface area contributed by atoms with Gasteiger partial charge in [-0.2, -0.15) is 25.7 Å². The lowest BCUT2D eigenvalue weighted by Crippen LogP contribution is -2.36. The van der Waals surface area contributed by atoms with Crippen molar-refractivity contribution in [1.82, 2.24) is 94.5 Å². The third-order valence-corrected chi connectivity index (χ3v) is 26.8. The Labute approximate surface area is 840 Å². The number of carbonyl (C=O) groups is 2. The highest BCUT2D eigenvalue weighted by molar-refractivity contribution is 6.21. The van der Waals surface area contributed by atoms with Crippen molar-refractivity contribution in [2.45, 2.75) is 76.8 Å². The molecule has 0 bridgehead atoms. The van der Waals surface area contributed by atoms with E-state index in [2.05, 4.69) is 135 Å². The average molecular weight is 1950 g/mol. The van der Waals surface area contributed by atoms with Crippen LogP contribution in [0.3, 0.4) is 0 Å². The van der Waals surface area contributed by atoms with Gasteiger partial charge in [0.05, 0.1) is 203 Å². The van der Waals surface area contributed by atoms with Crippen molar-refractivity contribution >= 4 is 101 Å². The molecule has 0 unspecified atom stereocenters. The molecular weight excluding hydrogens is 1830 g/mol. The number of methoxy groups -OCH3 is 8. The van der Waals surface area contributed by atoms with Crippen LogP contribution in [0.1, 0.15) is 91.0 Å². The van der Waals surface area contributed by atoms with E-state index in [-0.39, 0.29) is 18.4 Å². The molecule has 34 nitrogen and oxygen atoms in total. The average Bonchev–Trinajstić information content (AvgIpc) is 1.60. The lowest BCUT2D eigenvalue weighted by Gasteiger charge is -2.28. The van der Waals surface area contributed by atoms with Crippen molar-refractivity contribution < 1.29 is 47.5 Å². The fourth-order valence-electron chi connectivity index (χ4n) is 18.4. The van der Waals surface area contributed by atoms with Gasteiger partial charge >= 0.3 is 0 Å². The van der Waals surface area contributed by atoms with E-state index in [9.17, 15) is 14.9 Å². The number of ether oxygens (including phenoxy) is 8. The molecule has 2 aliphatic carbocycles. The minimum absolute atomic E-state index is 0.172. The minimum atomic E-state index is -0.297. The quantitative estimate of drug-likeness (QED) is 0.0361. The number of nitrogens with zero attached hydrogens (tertiary/aromatic N) is 22. The largest absolute Gasteiger partial charge is 0.497 e. The Morgan fingerprint density at radius 2 is 0.683 bits per heavy atom. The van der Waals surface area contributed by atoms with Crippen LogP contribution in [0.25, 0.3) is 89.2 Å². The molecule has 34 heteroatoms. The van der Waals surface area contributed by atoms with Gasteiger partial charge in [0.1, 0.15) is 46.0 Å². The summed E-state index contributed by atoms with van der Waals surface area (Å²) in [7, 11) is 16.9. The van der Waals surface area contributed by atoms with E-state index in [1.165, 1.54) is 49.8 Å². The fraction of sp³-hybridized carbons (Fsp3) is 0.306. The number of aryl methyl sites for hydroxylation is 3. The highest BCUT2D eigenvalue weighted by Gasteiger charge is 2.36. The van der Waals surface area contributed by atoms with E-state index in [0.717, 1.165) is 211 Å². The van der Waals surface area contributed by atoms with Crippen molar-refractivity contribution in [3.63, 3.8) is 0 Å². The molecule has 0 radical (unpaired) electrons. The topological polar surface area (TPSA) is 346 Å². The number of aromatic nitrogens is 16. The third-order valence-electron chi connectivity index (χ3n) is 26.8. The Balaban J connectivity index is 0.000000123. The maximum Gasteiger partial charge on any atom is 0.261 e. The number of amides is 2. The molecule has 11 heterocycles. The van der Waals surface area contributed by atoms with Crippen molar-refractivity contribution in [1.29, 1.82) is 5.26 Å². The van der Waals surface area contributed by atoms with Crippen LogP contribution in [0.4, 0.5) is 45.5 Å². The van der Waals surface area contributed by atoms with Crippen LogP contribution in [-0.4, -0.2) is 211 Å². The number of rotatable bonds is 33. The van der Waals surface area contributed by atoms with Gasteiger partial charge in [0.25, 0.3) is 11.8 Å². The van der Waals surface area contributed by atoms with Crippen molar-refractivity contribution in [2.24, 2.45) is 31.8 Å². The molecule has 0 spiro atoms. The number of imide groups is 1. The standard InChI is InChI=1S/C30H26N6O4.C30H36N6O2.C28H32N6O2.C23H22N6O2/c1-34-18-19(16-32-34)28-17-31-26-9-8-20(14-27(26)33-28)35(21-12-22(39-2)15-23(13-21)40-3)10-11-36-29(37)24-6-4-5-7-25(24)30(36)38;1-37-26-13-25(14-27(16-26)38-2)36(19-22-3-4-22)24-5-6-28-29(15-24)34-30(18-32-28)23-17-33-35(20-23)12-9-21-7-10-31-11-8-21;1-35-24-11-23(12-25(14-24)36-2)33(17-19-3-4-19)22-5-6-26-27(13-22)32-28(16-30-26)20-15-31-34(18-20)21-7-9-29-10-8-21;1-28-15-16(13-26-28)23-14-25-21-6-5-17(11-22(21)27-23)29(8-4-7-24)18-9-19(30-2)12-20(10-18)31-3/h4-9,12-18H,10-11H2,1-3H3;5-6,13-18,20-22,31H,3-4,7-12,19H2,1-2H3;5-6,11-16,18-19,21,29H,3-4,7-10,17H2,1-2H3;5-6,9-15H,4,8H2,1-3H3. The molecular formula is C111H116N24O10. The van der Waals surface area contributed by atoms with E-state index in [0.29, 0.717) is 82.7 Å². The summed E-state index contributed by atoms with van der Waals surface area (Å²) in [6.45, 7) is 8.17. The van der Waals surface area contributed by atoms with Crippen LogP contribution < -0.4 is 68.1 Å². The molecule has 8 aromatic heterocycles. The van der Waals surface area contributed by atoms with Gasteiger partial charge in [0.15, 0.2) is 0 Å². The first-order valence-electron chi connectivity index (χ1n) is 48.8. The summed E-state index contributed by atoms with van der Waals surface area (Å²) in [5, 5.41) is 33.8. The van der Waals surface area contributed by atoms with Gasteiger partial charge in [-0.3, -0.25) is 53.2 Å². The molecule has 740 valence electrons. The monoisotopic (exact) mass is 1940 g/mol. The normalized spacial score (nSPS) is 14.0. The number of hydrogen-bond donors (Lipinski definition) is 2. The fourth-order valence-corrected chi connectivity index (χ4v) is 18.4. The highest BCUT2D eigenvalue weighted by atomic mass is 16.5. The Morgan fingerprint density at radius 3 is 1.04 bits per heavy atom. The number of anilines is 8. The van der Waals surface area contributed by atoms with E-state index in [4.69, 9.17) is 67.8 Å². The zero-order valence-electron chi connectivity index (χ0n) is 83.0. The highest BCUT2D eigenvalue weighted by Crippen LogP contribution is 2.44. The molecule has 2 saturated carbocycles. The molecule has 145 heavy (non-hydrogen) atoms. The van der Waals surface area contributed by atoms with Gasteiger partial charge < -0.3 is 68.1 Å². The molecule has 0 atom stereocenters. The molecule has 2 amide bonds. The van der Waals surface area contributed by atoms with Gasteiger partial charge in [-0.15, -0.1) is 0 Å². The van der Waals surface area contributed by atoms with E-state index in [1.54, 1.807) is 121 Å². The van der Waals surface area contributed by atoms with Gasteiger partial charge in [-0.1, -0.05) is 12.1 Å². The molecule has 2 N–H and O–H groups in total. The summed E-state index contributed by atoms with van der Waals surface area (Å²) < 4.78 is 51.7. The minimum Gasteiger partial charge on any atom is -0.497 e. The summed E-state index contributed by atoms with van der Waals surface area (Å²) in [5.41, 5.74) is 21.8. The SMILES string of the molecule is COc1cc(OC)cc(N(CC2CC2)c2ccc3ncc(-c4cnn(C5CCNCC5)c4)nc3c2)c1.COc1cc(OC)cc(N(CC2CC2)c2ccc3ncc(-c4cnn(CCC5CCNCC5)c4)nc3c2)c1.COc1cc(OC)cc(N(CCC#N)c2ccc3ncc(-c4cnn(C)c4)nc3c2)c1.COc1cc(OC)cc(N(CCN2C(=O)c3ccccc3C2=O)c2ccc3ncc(-c4cnn(C)c4)nc3c2)c1. The van der Waals surface area contributed by atoms with Crippen LogP contribution in [0.15, 0.2) is 244 Å². The molecule has 5 aliphatic rings. The van der Waals surface area contributed by atoms with Crippen molar-refractivity contribution in [3.05, 3.63) is 255 Å². The first-order chi connectivity index (χ1) is 70.9. The van der Waals surface area contributed by atoms with Crippen LogP contribution in [0.5, 0.6) is 46.0 Å². The van der Waals surface area contributed by atoms with Crippen LogP contribution in [0, 0.1) is 29.1 Å². The number of piperidine rings is 2. The second-order valence-corrected chi connectivity index (χ2v) is 36.6. The Kier molecular flexibility index (Phi) is 29.9. The van der Waals surface area contributed by atoms with Crippen molar-refractivity contribution in [3.8, 4) is 97.1 Å². The number of benzene rings is 9. The summed E-state index contributed by atoms with van der Waals surface area (Å²) in [6, 6.07) is 57.1.